The van der Waals surface area contributed by atoms with Crippen molar-refractivity contribution in [2.45, 2.75) is 23.9 Å². The monoisotopic (exact) mass is 506 g/mol. The van der Waals surface area contributed by atoms with Crippen LogP contribution in [0.4, 0.5) is 18.9 Å². The van der Waals surface area contributed by atoms with Crippen LogP contribution in [0.2, 0.25) is 5.02 Å². The summed E-state index contributed by atoms with van der Waals surface area (Å²) in [5.74, 6) is -0.956. The van der Waals surface area contributed by atoms with Crippen molar-refractivity contribution in [2.75, 3.05) is 32.6 Å². The van der Waals surface area contributed by atoms with E-state index in [0.717, 1.165) is 22.5 Å². The minimum atomic E-state index is -4.60. The van der Waals surface area contributed by atoms with Crippen molar-refractivity contribution in [1.29, 1.82) is 0 Å². The Morgan fingerprint density at radius 3 is 2.52 bits per heavy atom. The van der Waals surface area contributed by atoms with Gasteiger partial charge in [-0.25, -0.2) is 8.42 Å². The van der Waals surface area contributed by atoms with Gasteiger partial charge in [0, 0.05) is 19.2 Å². The van der Waals surface area contributed by atoms with Crippen LogP contribution >= 0.6 is 11.6 Å². The molecule has 1 amide bonds. The first-order valence-electron chi connectivity index (χ1n) is 9.87. The largest absolute Gasteiger partial charge is 0.497 e. The number of carbonyl (C=O) groups excluding carboxylic acids is 1. The number of piperidine rings is 1. The molecule has 0 aromatic heterocycles. The van der Waals surface area contributed by atoms with Gasteiger partial charge in [-0.3, -0.25) is 4.79 Å². The number of benzene rings is 2. The summed E-state index contributed by atoms with van der Waals surface area (Å²) in [6.07, 6.45) is -3.85. The number of nitrogens with one attached hydrogen (secondary N) is 1. The van der Waals surface area contributed by atoms with Gasteiger partial charge in [-0.1, -0.05) is 11.6 Å². The molecular weight excluding hydrogens is 485 g/mol. The molecule has 1 heterocycles. The van der Waals surface area contributed by atoms with E-state index in [1.54, 1.807) is 6.07 Å². The van der Waals surface area contributed by atoms with Gasteiger partial charge in [0.05, 0.1) is 36.4 Å². The van der Waals surface area contributed by atoms with E-state index in [1.165, 1.54) is 26.4 Å². The number of nitrogens with zero attached hydrogens (tertiary/aromatic N) is 1. The zero-order chi connectivity index (χ0) is 24.4. The summed E-state index contributed by atoms with van der Waals surface area (Å²) >= 11 is 5.96. The minimum Gasteiger partial charge on any atom is -0.497 e. The molecular formula is C21H22ClF3N2O5S. The normalized spacial score (nSPS) is 17.5. The number of rotatable bonds is 6. The van der Waals surface area contributed by atoms with Crippen LogP contribution in [0.1, 0.15) is 18.4 Å². The van der Waals surface area contributed by atoms with Gasteiger partial charge in [0.25, 0.3) is 0 Å². The number of hydrogen-bond donors (Lipinski definition) is 1. The summed E-state index contributed by atoms with van der Waals surface area (Å²) < 4.78 is 77.0. The van der Waals surface area contributed by atoms with Gasteiger partial charge in [0.2, 0.25) is 15.9 Å². The topological polar surface area (TPSA) is 84.9 Å². The lowest BCUT2D eigenvalue weighted by atomic mass is 9.98. The second-order valence-electron chi connectivity index (χ2n) is 7.40. The van der Waals surface area contributed by atoms with E-state index in [0.29, 0.717) is 18.6 Å². The standard InChI is InChI=1S/C21H22ClF3N2O5S/c1-31-15-6-8-18(32-2)19(11-15)33(29,30)27-9-3-4-13(12-27)20(28)26-17-10-14(21(23,24)25)5-7-16(17)22/h5-8,10-11,13H,3-4,9,12H2,1-2H3,(H,26,28)/t13-/m0/s1. The number of ether oxygens (including phenoxy) is 2. The summed E-state index contributed by atoms with van der Waals surface area (Å²) in [4.78, 5) is 12.7. The fourth-order valence-corrected chi connectivity index (χ4v) is 5.39. The lowest BCUT2D eigenvalue weighted by molar-refractivity contribution is -0.137. The Labute approximate surface area is 194 Å². The lowest BCUT2D eigenvalue weighted by Gasteiger charge is -2.31. The first kappa shape index (κ1) is 25.1. The molecule has 0 radical (unpaired) electrons. The number of amides is 1. The number of alkyl halides is 3. The predicted molar refractivity (Wildman–Crippen MR) is 116 cm³/mol. The van der Waals surface area contributed by atoms with Crippen LogP contribution < -0.4 is 14.8 Å². The lowest BCUT2D eigenvalue weighted by Crippen LogP contribution is -2.43. The van der Waals surface area contributed by atoms with E-state index in [9.17, 15) is 26.4 Å². The first-order chi connectivity index (χ1) is 15.5. The molecule has 1 saturated heterocycles. The Morgan fingerprint density at radius 1 is 1.15 bits per heavy atom. The second-order valence-corrected chi connectivity index (χ2v) is 9.71. The molecule has 33 heavy (non-hydrogen) atoms. The van der Waals surface area contributed by atoms with Gasteiger partial charge in [-0.15, -0.1) is 0 Å². The molecule has 0 unspecified atom stereocenters. The van der Waals surface area contributed by atoms with Gasteiger partial charge in [0.15, 0.2) is 0 Å². The molecule has 1 aliphatic heterocycles. The molecule has 1 atom stereocenters. The first-order valence-corrected chi connectivity index (χ1v) is 11.7. The third-order valence-electron chi connectivity index (χ3n) is 5.30. The van der Waals surface area contributed by atoms with E-state index in [-0.39, 0.29) is 34.4 Å². The number of hydrogen-bond acceptors (Lipinski definition) is 5. The fraction of sp³-hybridized carbons (Fsp3) is 0.381. The van der Waals surface area contributed by atoms with E-state index in [4.69, 9.17) is 21.1 Å². The highest BCUT2D eigenvalue weighted by Crippen LogP contribution is 2.35. The molecule has 0 spiro atoms. The third-order valence-corrected chi connectivity index (χ3v) is 7.51. The molecule has 2 aromatic carbocycles. The van der Waals surface area contributed by atoms with Crippen molar-refractivity contribution in [3.63, 3.8) is 0 Å². The number of methoxy groups -OCH3 is 2. The Balaban J connectivity index is 1.82. The van der Waals surface area contributed by atoms with Crippen molar-refractivity contribution in [1.82, 2.24) is 4.31 Å². The maximum absolute atomic E-state index is 13.3. The fourth-order valence-electron chi connectivity index (χ4n) is 3.53. The molecule has 7 nitrogen and oxygen atoms in total. The predicted octanol–water partition coefficient (Wildman–Crippen LogP) is 4.42. The van der Waals surface area contributed by atoms with E-state index in [2.05, 4.69) is 5.32 Å². The van der Waals surface area contributed by atoms with Crippen LogP contribution in [-0.4, -0.2) is 45.9 Å². The molecule has 0 saturated carbocycles. The van der Waals surface area contributed by atoms with E-state index < -0.39 is 33.6 Å². The molecule has 1 N–H and O–H groups in total. The Kier molecular flexibility index (Phi) is 7.45. The van der Waals surface area contributed by atoms with Crippen molar-refractivity contribution >= 4 is 33.2 Å². The van der Waals surface area contributed by atoms with Crippen LogP contribution in [0.25, 0.3) is 0 Å². The van der Waals surface area contributed by atoms with Crippen LogP contribution in [0.5, 0.6) is 11.5 Å². The number of halogens is 4. The van der Waals surface area contributed by atoms with E-state index in [1.807, 2.05) is 0 Å². The maximum atomic E-state index is 13.3. The molecule has 0 bridgehead atoms. The van der Waals surface area contributed by atoms with Crippen molar-refractivity contribution in [2.24, 2.45) is 5.92 Å². The number of anilines is 1. The summed E-state index contributed by atoms with van der Waals surface area (Å²) in [6, 6.07) is 6.97. The number of carbonyl (C=O) groups is 1. The average molecular weight is 507 g/mol. The third kappa shape index (κ3) is 5.53. The zero-order valence-electron chi connectivity index (χ0n) is 17.8. The zero-order valence-corrected chi connectivity index (χ0v) is 19.4. The van der Waals surface area contributed by atoms with Crippen LogP contribution in [-0.2, 0) is 21.0 Å². The molecule has 180 valence electrons. The van der Waals surface area contributed by atoms with Gasteiger partial charge >= 0.3 is 6.18 Å². The second kappa shape index (κ2) is 9.78. The van der Waals surface area contributed by atoms with Gasteiger partial charge < -0.3 is 14.8 Å². The van der Waals surface area contributed by atoms with Crippen molar-refractivity contribution in [3.8, 4) is 11.5 Å². The van der Waals surface area contributed by atoms with Gasteiger partial charge in [0.1, 0.15) is 16.4 Å². The number of sulfonamides is 1. The molecule has 12 heteroatoms. The Bertz CT molecular complexity index is 1140. The highest BCUT2D eigenvalue weighted by Gasteiger charge is 2.36. The quantitative estimate of drug-likeness (QED) is 0.627. The summed E-state index contributed by atoms with van der Waals surface area (Å²) in [7, 11) is -1.30. The maximum Gasteiger partial charge on any atom is 0.416 e. The van der Waals surface area contributed by atoms with Crippen LogP contribution in [0.15, 0.2) is 41.3 Å². The molecule has 2 aromatic rings. The summed E-state index contributed by atoms with van der Waals surface area (Å²) in [5, 5.41) is 2.35. The average Bonchev–Trinajstić information content (AvgIpc) is 2.79. The minimum absolute atomic E-state index is 0.0576. The van der Waals surface area contributed by atoms with Crippen molar-refractivity contribution < 1.29 is 35.9 Å². The molecule has 0 aliphatic carbocycles. The summed E-state index contributed by atoms with van der Waals surface area (Å²) in [6.45, 7) is 0.0297. The summed E-state index contributed by atoms with van der Waals surface area (Å²) in [5.41, 5.74) is -1.15. The highest BCUT2D eigenvalue weighted by molar-refractivity contribution is 7.89. The van der Waals surface area contributed by atoms with E-state index >= 15 is 0 Å². The van der Waals surface area contributed by atoms with Gasteiger partial charge in [-0.05, 0) is 43.2 Å². The van der Waals surface area contributed by atoms with Gasteiger partial charge in [-0.2, -0.15) is 17.5 Å². The smallest absolute Gasteiger partial charge is 0.416 e. The Hall–Kier alpha value is -2.50. The molecule has 3 rings (SSSR count). The molecule has 1 fully saturated rings. The molecule has 1 aliphatic rings. The SMILES string of the molecule is COc1ccc(OC)c(S(=O)(=O)N2CCC[C@H](C(=O)Nc3cc(C(F)(F)F)ccc3Cl)C2)c1. The van der Waals surface area contributed by atoms with Crippen LogP contribution in [0, 0.1) is 5.92 Å². The van der Waals surface area contributed by atoms with Crippen molar-refractivity contribution in [3.05, 3.63) is 47.0 Å². The highest BCUT2D eigenvalue weighted by atomic mass is 35.5. The van der Waals surface area contributed by atoms with Crippen LogP contribution in [0.3, 0.4) is 0 Å². The Morgan fingerprint density at radius 2 is 1.88 bits per heavy atom.